The van der Waals surface area contributed by atoms with Gasteiger partial charge in [0, 0.05) is 5.92 Å². The molecule has 3 N–H and O–H groups in total. The molecule has 1 aromatic heterocycles. The molecular weight excluding hydrogens is 363 g/mol. The van der Waals surface area contributed by atoms with Crippen molar-refractivity contribution < 1.29 is 18.7 Å². The minimum Gasteiger partial charge on any atom is -0.476 e. The van der Waals surface area contributed by atoms with Gasteiger partial charge in [0.15, 0.2) is 5.69 Å². The van der Waals surface area contributed by atoms with Crippen LogP contribution in [0.25, 0.3) is 0 Å². The van der Waals surface area contributed by atoms with Crippen LogP contribution in [0.3, 0.4) is 0 Å². The van der Waals surface area contributed by atoms with Crippen molar-refractivity contribution in [2.75, 3.05) is 6.61 Å². The molecule has 2 amide bonds. The van der Waals surface area contributed by atoms with Gasteiger partial charge in [0.25, 0.3) is 5.91 Å². The van der Waals surface area contributed by atoms with Gasteiger partial charge in [-0.2, -0.15) is 0 Å². The van der Waals surface area contributed by atoms with E-state index in [1.54, 1.807) is 0 Å². The number of primary amides is 1. The molecule has 1 aromatic carbocycles. The number of carbonyl (C=O) groups excluding carboxylic acids is 2. The first-order valence-electron chi connectivity index (χ1n) is 9.36. The minimum atomic E-state index is -1.10. The number of halogens is 1. The summed E-state index contributed by atoms with van der Waals surface area (Å²) in [6.45, 7) is 0.568. The summed E-state index contributed by atoms with van der Waals surface area (Å²) in [6.07, 6.45) is 5.74. The van der Waals surface area contributed by atoms with E-state index in [4.69, 9.17) is 10.5 Å². The number of ether oxygens (including phenoxy) is 1. The van der Waals surface area contributed by atoms with Gasteiger partial charge >= 0.3 is 0 Å². The van der Waals surface area contributed by atoms with Gasteiger partial charge in [0.05, 0.1) is 12.8 Å². The molecule has 7 nitrogen and oxygen atoms in total. The lowest BCUT2D eigenvalue weighted by Crippen LogP contribution is -2.38. The Bertz CT molecular complexity index is 895. The highest BCUT2D eigenvalue weighted by Crippen LogP contribution is 2.42. The lowest BCUT2D eigenvalue weighted by atomic mass is 10.1. The average molecular weight is 384 g/mol. The van der Waals surface area contributed by atoms with Crippen molar-refractivity contribution in [2.24, 2.45) is 11.7 Å². The van der Waals surface area contributed by atoms with Crippen LogP contribution in [0.15, 0.2) is 30.5 Å². The Morgan fingerprint density at radius 3 is 2.54 bits per heavy atom. The first-order valence-corrected chi connectivity index (χ1v) is 9.36. The molecule has 2 aliphatic rings. The summed E-state index contributed by atoms with van der Waals surface area (Å²) in [5.74, 6) is -0.538. The maximum Gasteiger partial charge on any atom is 0.272 e. The number of nitrogens with two attached hydrogens (primary N) is 1. The SMILES string of the molecule is NC(=O)C(NC(=O)c1cnc(C2CC2)c(OCC2CC2)n1)c1ccc(F)cc1. The van der Waals surface area contributed by atoms with Crippen molar-refractivity contribution >= 4 is 11.8 Å². The molecular formula is C20H21FN4O3. The topological polar surface area (TPSA) is 107 Å². The molecule has 2 fully saturated rings. The number of nitrogens with zero attached hydrogens (tertiary/aromatic N) is 2. The van der Waals surface area contributed by atoms with Crippen LogP contribution in [-0.4, -0.2) is 28.4 Å². The van der Waals surface area contributed by atoms with Crippen LogP contribution in [0.1, 0.15) is 59.4 Å². The number of benzene rings is 1. The van der Waals surface area contributed by atoms with E-state index in [9.17, 15) is 14.0 Å². The summed E-state index contributed by atoms with van der Waals surface area (Å²) >= 11 is 0. The summed E-state index contributed by atoms with van der Waals surface area (Å²) in [7, 11) is 0. The predicted octanol–water partition coefficient (Wildman–Crippen LogP) is 2.24. The summed E-state index contributed by atoms with van der Waals surface area (Å²) in [5.41, 5.74) is 6.62. The van der Waals surface area contributed by atoms with E-state index in [1.165, 1.54) is 30.5 Å². The van der Waals surface area contributed by atoms with Gasteiger partial charge in [0.1, 0.15) is 17.6 Å². The Morgan fingerprint density at radius 1 is 1.21 bits per heavy atom. The standard InChI is InChI=1S/C20H21FN4O3/c21-14-7-5-12(6-8-14)16(18(22)26)25-19(27)15-9-23-17(13-3-4-13)20(24-15)28-10-11-1-2-11/h5-9,11,13,16H,1-4,10H2,(H2,22,26)(H,25,27). The van der Waals surface area contributed by atoms with E-state index in [-0.39, 0.29) is 5.69 Å². The summed E-state index contributed by atoms with van der Waals surface area (Å²) in [4.78, 5) is 33.2. The zero-order valence-corrected chi connectivity index (χ0v) is 15.2. The molecule has 0 aliphatic heterocycles. The zero-order valence-electron chi connectivity index (χ0n) is 15.2. The van der Waals surface area contributed by atoms with Crippen molar-refractivity contribution in [3.8, 4) is 5.88 Å². The fourth-order valence-electron chi connectivity index (χ4n) is 2.89. The number of hydrogen-bond donors (Lipinski definition) is 2. The number of hydrogen-bond acceptors (Lipinski definition) is 5. The van der Waals surface area contributed by atoms with Crippen molar-refractivity contribution in [2.45, 2.75) is 37.6 Å². The molecule has 2 saturated carbocycles. The smallest absolute Gasteiger partial charge is 0.272 e. The molecule has 1 atom stereocenters. The normalized spacial score (nSPS) is 17.0. The molecule has 0 saturated heterocycles. The first-order chi connectivity index (χ1) is 13.5. The van der Waals surface area contributed by atoms with Crippen LogP contribution in [-0.2, 0) is 4.79 Å². The van der Waals surface area contributed by atoms with E-state index >= 15 is 0 Å². The molecule has 2 aromatic rings. The number of rotatable bonds is 8. The molecule has 28 heavy (non-hydrogen) atoms. The van der Waals surface area contributed by atoms with Gasteiger partial charge in [-0.3, -0.25) is 14.6 Å². The van der Waals surface area contributed by atoms with Crippen molar-refractivity contribution in [3.63, 3.8) is 0 Å². The molecule has 0 bridgehead atoms. The highest BCUT2D eigenvalue weighted by Gasteiger charge is 2.32. The van der Waals surface area contributed by atoms with Gasteiger partial charge < -0.3 is 15.8 Å². The van der Waals surface area contributed by atoms with Crippen LogP contribution in [0, 0.1) is 11.7 Å². The zero-order chi connectivity index (χ0) is 19.7. The molecule has 1 unspecified atom stereocenters. The van der Waals surface area contributed by atoms with E-state index in [0.717, 1.165) is 31.4 Å². The maximum absolute atomic E-state index is 13.1. The van der Waals surface area contributed by atoms with E-state index < -0.39 is 23.7 Å². The van der Waals surface area contributed by atoms with Crippen LogP contribution in [0.2, 0.25) is 0 Å². The average Bonchev–Trinajstić information content (AvgIpc) is 3.58. The number of amides is 2. The highest BCUT2D eigenvalue weighted by molar-refractivity contribution is 5.96. The number of aromatic nitrogens is 2. The Balaban J connectivity index is 1.53. The van der Waals surface area contributed by atoms with Crippen molar-refractivity contribution in [3.05, 3.63) is 53.2 Å². The van der Waals surface area contributed by atoms with E-state index in [1.807, 2.05) is 0 Å². The second-order valence-electron chi connectivity index (χ2n) is 7.33. The summed E-state index contributed by atoms with van der Waals surface area (Å²) in [5, 5.41) is 2.54. The molecule has 8 heteroatoms. The molecule has 0 radical (unpaired) electrons. The van der Waals surface area contributed by atoms with E-state index in [2.05, 4.69) is 15.3 Å². The van der Waals surface area contributed by atoms with Crippen LogP contribution >= 0.6 is 0 Å². The largest absolute Gasteiger partial charge is 0.476 e. The lowest BCUT2D eigenvalue weighted by molar-refractivity contribution is -0.120. The third kappa shape index (κ3) is 4.27. The van der Waals surface area contributed by atoms with Crippen molar-refractivity contribution in [1.29, 1.82) is 0 Å². The lowest BCUT2D eigenvalue weighted by Gasteiger charge is -2.16. The van der Waals surface area contributed by atoms with Gasteiger partial charge in [0.2, 0.25) is 11.8 Å². The van der Waals surface area contributed by atoms with E-state index in [0.29, 0.717) is 29.9 Å². The second-order valence-corrected chi connectivity index (χ2v) is 7.33. The highest BCUT2D eigenvalue weighted by atomic mass is 19.1. The maximum atomic E-state index is 13.1. The van der Waals surface area contributed by atoms with Crippen LogP contribution in [0.4, 0.5) is 4.39 Å². The van der Waals surface area contributed by atoms with Gasteiger partial charge in [-0.15, -0.1) is 0 Å². The fourth-order valence-corrected chi connectivity index (χ4v) is 2.89. The number of carbonyl (C=O) groups is 2. The predicted molar refractivity (Wildman–Crippen MR) is 98.0 cm³/mol. The Labute approximate surface area is 161 Å². The van der Waals surface area contributed by atoms with Crippen LogP contribution < -0.4 is 15.8 Å². The Kier molecular flexibility index (Phi) is 4.93. The minimum absolute atomic E-state index is 0.0450. The summed E-state index contributed by atoms with van der Waals surface area (Å²) in [6, 6.07) is 4.10. The molecule has 4 rings (SSSR count). The number of nitrogens with one attached hydrogen (secondary N) is 1. The molecule has 146 valence electrons. The van der Waals surface area contributed by atoms with Crippen molar-refractivity contribution in [1.82, 2.24) is 15.3 Å². The fraction of sp³-hybridized carbons (Fsp3) is 0.400. The second kappa shape index (κ2) is 7.53. The Hall–Kier alpha value is -3.03. The monoisotopic (exact) mass is 384 g/mol. The summed E-state index contributed by atoms with van der Waals surface area (Å²) < 4.78 is 18.9. The quantitative estimate of drug-likeness (QED) is 0.726. The molecule has 1 heterocycles. The van der Waals surface area contributed by atoms with Gasteiger partial charge in [-0.05, 0) is 49.3 Å². The third-order valence-electron chi connectivity index (χ3n) is 4.88. The van der Waals surface area contributed by atoms with Gasteiger partial charge in [-0.1, -0.05) is 12.1 Å². The molecule has 2 aliphatic carbocycles. The van der Waals surface area contributed by atoms with Gasteiger partial charge in [-0.25, -0.2) is 9.37 Å². The third-order valence-corrected chi connectivity index (χ3v) is 4.88. The Morgan fingerprint density at radius 2 is 1.93 bits per heavy atom. The van der Waals surface area contributed by atoms with Crippen LogP contribution in [0.5, 0.6) is 5.88 Å². The first kappa shape index (κ1) is 18.3. The molecule has 0 spiro atoms.